The third-order valence-corrected chi connectivity index (χ3v) is 5.17. The lowest BCUT2D eigenvalue weighted by atomic mass is 10.0. The summed E-state index contributed by atoms with van der Waals surface area (Å²) >= 11 is 0. The van der Waals surface area contributed by atoms with E-state index in [4.69, 9.17) is 0 Å². The number of carbonyl (C=O) groups is 1. The largest absolute Gasteiger partial charge is 0.356 e. The predicted molar refractivity (Wildman–Crippen MR) is 95.0 cm³/mol. The molecule has 1 N–H and O–H groups in total. The maximum absolute atomic E-state index is 11.4. The summed E-state index contributed by atoms with van der Waals surface area (Å²) in [7, 11) is 1.86. The molecule has 3 rings (SSSR count). The van der Waals surface area contributed by atoms with Gasteiger partial charge >= 0.3 is 0 Å². The van der Waals surface area contributed by atoms with E-state index < -0.39 is 0 Å². The summed E-state index contributed by atoms with van der Waals surface area (Å²) in [5, 5.41) is 3.58. The summed E-state index contributed by atoms with van der Waals surface area (Å²) in [6, 6.07) is 0. The van der Waals surface area contributed by atoms with Crippen LogP contribution in [-0.2, 0) is 4.79 Å². The second-order valence-corrected chi connectivity index (χ2v) is 6.53. The first-order valence-corrected chi connectivity index (χ1v) is 7.86. The van der Waals surface area contributed by atoms with Crippen molar-refractivity contribution in [2.24, 2.45) is 16.3 Å². The molecule has 2 aliphatic carbocycles. The van der Waals surface area contributed by atoms with E-state index >= 15 is 0 Å². The molecule has 0 bridgehead atoms. The third kappa shape index (κ3) is 3.81. The minimum absolute atomic E-state index is 0. The van der Waals surface area contributed by atoms with Crippen molar-refractivity contribution in [3.05, 3.63) is 0 Å². The molecule has 1 aliphatic heterocycles. The van der Waals surface area contributed by atoms with Gasteiger partial charge < -0.3 is 15.1 Å². The Kier molecular flexibility index (Phi) is 5.38. The Morgan fingerprint density at radius 2 is 1.76 bits per heavy atom. The number of guanidine groups is 1. The lowest BCUT2D eigenvalue weighted by Gasteiger charge is -2.36. The first kappa shape index (κ1) is 16.8. The second-order valence-electron chi connectivity index (χ2n) is 6.53. The maximum Gasteiger partial charge on any atom is 0.219 e. The summed E-state index contributed by atoms with van der Waals surface area (Å²) in [5.41, 5.74) is 0.594. The molecule has 21 heavy (non-hydrogen) atoms. The fraction of sp³-hybridized carbons (Fsp3) is 0.867. The van der Waals surface area contributed by atoms with Gasteiger partial charge in [0.05, 0.1) is 0 Å². The van der Waals surface area contributed by atoms with Crippen LogP contribution in [0.4, 0.5) is 0 Å². The molecule has 0 unspecified atom stereocenters. The van der Waals surface area contributed by atoms with E-state index in [1.807, 2.05) is 11.9 Å². The van der Waals surface area contributed by atoms with Gasteiger partial charge in [-0.15, -0.1) is 24.0 Å². The number of carbonyl (C=O) groups excluding carboxylic acids is 1. The van der Waals surface area contributed by atoms with Crippen LogP contribution in [0.15, 0.2) is 4.99 Å². The maximum atomic E-state index is 11.4. The minimum Gasteiger partial charge on any atom is -0.356 e. The molecule has 5 nitrogen and oxygen atoms in total. The standard InChI is InChI=1S/C15H26N4O.HI/c1-12(20)18-7-9-19(10-8-18)14(16-2)17-11-15(5-6-15)13-3-4-13;/h13H,3-11H2,1-2H3,(H,16,17);1H. The normalized spacial score (nSPS) is 24.4. The number of halogens is 1. The number of amides is 1. The van der Waals surface area contributed by atoms with Crippen LogP contribution >= 0.6 is 24.0 Å². The molecule has 2 saturated carbocycles. The predicted octanol–water partition coefficient (Wildman–Crippen LogP) is 1.53. The second kappa shape index (κ2) is 6.71. The fourth-order valence-electron chi connectivity index (χ4n) is 3.41. The Morgan fingerprint density at radius 1 is 1.19 bits per heavy atom. The number of aliphatic imine (C=N–C) groups is 1. The first-order chi connectivity index (χ1) is 9.64. The highest BCUT2D eigenvalue weighted by Gasteiger charge is 2.53. The van der Waals surface area contributed by atoms with E-state index in [2.05, 4.69) is 15.2 Å². The van der Waals surface area contributed by atoms with Crippen LogP contribution in [0.1, 0.15) is 32.6 Å². The summed E-state index contributed by atoms with van der Waals surface area (Å²) in [5.74, 6) is 2.17. The van der Waals surface area contributed by atoms with E-state index in [1.54, 1.807) is 6.92 Å². The molecule has 0 aromatic rings. The lowest BCUT2D eigenvalue weighted by Crippen LogP contribution is -2.54. The van der Waals surface area contributed by atoms with Gasteiger partial charge in [-0.25, -0.2) is 0 Å². The van der Waals surface area contributed by atoms with Gasteiger partial charge in [0.25, 0.3) is 0 Å². The molecular weight excluding hydrogens is 379 g/mol. The van der Waals surface area contributed by atoms with Crippen LogP contribution in [-0.4, -0.2) is 61.4 Å². The van der Waals surface area contributed by atoms with Gasteiger partial charge in [0, 0.05) is 46.7 Å². The summed E-state index contributed by atoms with van der Waals surface area (Å²) in [4.78, 5) is 20.0. The van der Waals surface area contributed by atoms with Gasteiger partial charge in [-0.05, 0) is 37.0 Å². The van der Waals surface area contributed by atoms with E-state index in [-0.39, 0.29) is 29.9 Å². The van der Waals surface area contributed by atoms with E-state index in [0.717, 1.165) is 44.6 Å². The molecule has 3 aliphatic rings. The monoisotopic (exact) mass is 406 g/mol. The van der Waals surface area contributed by atoms with E-state index in [1.165, 1.54) is 25.7 Å². The van der Waals surface area contributed by atoms with Gasteiger partial charge in [0.15, 0.2) is 5.96 Å². The molecule has 6 heteroatoms. The van der Waals surface area contributed by atoms with E-state index in [9.17, 15) is 4.79 Å². The van der Waals surface area contributed by atoms with Crippen molar-refractivity contribution in [3.8, 4) is 0 Å². The molecular formula is C15H27IN4O. The summed E-state index contributed by atoms with van der Waals surface area (Å²) in [6.45, 7) is 6.12. The van der Waals surface area contributed by atoms with E-state index in [0.29, 0.717) is 5.41 Å². The number of nitrogens with zero attached hydrogens (tertiary/aromatic N) is 3. The Bertz CT molecular complexity index is 410. The molecule has 0 aromatic carbocycles. The van der Waals surface area contributed by atoms with Crippen molar-refractivity contribution in [2.75, 3.05) is 39.8 Å². The molecule has 0 radical (unpaired) electrons. The highest BCUT2D eigenvalue weighted by molar-refractivity contribution is 14.0. The van der Waals surface area contributed by atoms with Crippen molar-refractivity contribution >= 4 is 35.8 Å². The van der Waals surface area contributed by atoms with Crippen LogP contribution in [0.2, 0.25) is 0 Å². The number of nitrogens with one attached hydrogen (secondary N) is 1. The lowest BCUT2D eigenvalue weighted by molar-refractivity contribution is -0.130. The molecule has 3 fully saturated rings. The fourth-order valence-corrected chi connectivity index (χ4v) is 3.41. The zero-order valence-corrected chi connectivity index (χ0v) is 15.4. The Balaban J connectivity index is 0.00000161. The highest BCUT2D eigenvalue weighted by Crippen LogP contribution is 2.60. The summed E-state index contributed by atoms with van der Waals surface area (Å²) in [6.07, 6.45) is 5.63. The Hall–Kier alpha value is -0.530. The highest BCUT2D eigenvalue weighted by atomic mass is 127. The molecule has 0 atom stereocenters. The first-order valence-electron chi connectivity index (χ1n) is 7.86. The number of hydrogen-bond acceptors (Lipinski definition) is 2. The van der Waals surface area contributed by atoms with Gasteiger partial charge in [0.1, 0.15) is 0 Å². The van der Waals surface area contributed by atoms with Crippen LogP contribution in [0.3, 0.4) is 0 Å². The van der Waals surface area contributed by atoms with Crippen molar-refractivity contribution in [1.82, 2.24) is 15.1 Å². The smallest absolute Gasteiger partial charge is 0.219 e. The molecule has 120 valence electrons. The van der Waals surface area contributed by atoms with Gasteiger partial charge in [-0.3, -0.25) is 9.79 Å². The molecule has 0 spiro atoms. The molecule has 1 amide bonds. The van der Waals surface area contributed by atoms with Crippen LogP contribution < -0.4 is 5.32 Å². The topological polar surface area (TPSA) is 47.9 Å². The van der Waals surface area contributed by atoms with Crippen molar-refractivity contribution in [1.29, 1.82) is 0 Å². The van der Waals surface area contributed by atoms with Crippen LogP contribution in [0.5, 0.6) is 0 Å². The zero-order chi connectivity index (χ0) is 14.2. The van der Waals surface area contributed by atoms with Crippen LogP contribution in [0, 0.1) is 11.3 Å². The average molecular weight is 406 g/mol. The van der Waals surface area contributed by atoms with Crippen molar-refractivity contribution < 1.29 is 4.79 Å². The number of piperazine rings is 1. The number of hydrogen-bond donors (Lipinski definition) is 1. The summed E-state index contributed by atoms with van der Waals surface area (Å²) < 4.78 is 0. The number of rotatable bonds is 3. The quantitative estimate of drug-likeness (QED) is 0.440. The van der Waals surface area contributed by atoms with Gasteiger partial charge in [-0.1, -0.05) is 0 Å². The minimum atomic E-state index is 0. The van der Waals surface area contributed by atoms with Crippen LogP contribution in [0.25, 0.3) is 0 Å². The Morgan fingerprint density at radius 3 is 2.19 bits per heavy atom. The molecule has 1 heterocycles. The SMILES string of the molecule is CN=C(NCC1(C2CC2)CC1)N1CCN(C(C)=O)CC1.I. The molecule has 0 aromatic heterocycles. The van der Waals surface area contributed by atoms with Crippen molar-refractivity contribution in [3.63, 3.8) is 0 Å². The van der Waals surface area contributed by atoms with Gasteiger partial charge in [0.2, 0.25) is 5.91 Å². The van der Waals surface area contributed by atoms with Gasteiger partial charge in [-0.2, -0.15) is 0 Å². The zero-order valence-electron chi connectivity index (χ0n) is 13.1. The average Bonchev–Trinajstić information content (AvgIpc) is 3.32. The third-order valence-electron chi connectivity index (χ3n) is 5.17. The van der Waals surface area contributed by atoms with Crippen molar-refractivity contribution in [2.45, 2.75) is 32.6 Å². The molecule has 1 saturated heterocycles. The Labute approximate surface area is 144 Å².